The number of nitrogens with zero attached hydrogens (tertiary/aromatic N) is 1. The number of benzene rings is 2. The average molecular weight is 407 g/mol. The summed E-state index contributed by atoms with van der Waals surface area (Å²) in [7, 11) is 0. The van der Waals surface area contributed by atoms with Crippen LogP contribution in [0.2, 0.25) is 0 Å². The molecule has 0 aliphatic carbocycles. The van der Waals surface area contributed by atoms with E-state index in [0.29, 0.717) is 29.7 Å². The van der Waals surface area contributed by atoms with E-state index in [2.05, 4.69) is 0 Å². The van der Waals surface area contributed by atoms with Gasteiger partial charge in [0.2, 0.25) is 5.76 Å². The molecule has 29 heavy (non-hydrogen) atoms. The lowest BCUT2D eigenvalue weighted by molar-refractivity contribution is 0.0486. The SMILES string of the molecule is CSc1ccc(C2c3c(oc4ccccc4c3=O)C(=O)N2CC2CCCO2)cc1. The lowest BCUT2D eigenvalue weighted by atomic mass is 9.98. The van der Waals surface area contributed by atoms with Gasteiger partial charge in [0.25, 0.3) is 5.91 Å². The van der Waals surface area contributed by atoms with Crippen molar-refractivity contribution < 1.29 is 13.9 Å². The minimum atomic E-state index is -0.460. The van der Waals surface area contributed by atoms with E-state index in [1.54, 1.807) is 34.9 Å². The first-order chi connectivity index (χ1) is 14.2. The Balaban J connectivity index is 1.68. The van der Waals surface area contributed by atoms with Crippen molar-refractivity contribution in [1.29, 1.82) is 0 Å². The third-order valence-electron chi connectivity index (χ3n) is 5.73. The van der Waals surface area contributed by atoms with E-state index in [9.17, 15) is 9.59 Å². The van der Waals surface area contributed by atoms with Gasteiger partial charge in [0.15, 0.2) is 5.43 Å². The molecule has 1 amide bonds. The van der Waals surface area contributed by atoms with E-state index in [1.807, 2.05) is 36.6 Å². The number of amides is 1. The van der Waals surface area contributed by atoms with Crippen molar-refractivity contribution in [2.45, 2.75) is 29.9 Å². The summed E-state index contributed by atoms with van der Waals surface area (Å²) in [5, 5.41) is 0.503. The summed E-state index contributed by atoms with van der Waals surface area (Å²) < 4.78 is 11.7. The standard InChI is InChI=1S/C23H21NO4S/c1-29-16-10-8-14(9-11-16)20-19-21(25)17-6-2-3-7-18(17)28-22(19)23(26)24(20)13-15-5-4-12-27-15/h2-3,6-11,15,20H,4-5,12-13H2,1H3. The highest BCUT2D eigenvalue weighted by Gasteiger charge is 2.43. The van der Waals surface area contributed by atoms with Crippen LogP contribution >= 0.6 is 11.8 Å². The predicted octanol–water partition coefficient (Wildman–Crippen LogP) is 4.24. The van der Waals surface area contributed by atoms with Crippen molar-refractivity contribution in [1.82, 2.24) is 4.90 Å². The van der Waals surface area contributed by atoms with Gasteiger partial charge in [-0.2, -0.15) is 0 Å². The van der Waals surface area contributed by atoms with Crippen LogP contribution in [0.5, 0.6) is 0 Å². The van der Waals surface area contributed by atoms with Crippen LogP contribution in [-0.4, -0.2) is 36.3 Å². The molecule has 2 aromatic carbocycles. The Morgan fingerprint density at radius 3 is 2.62 bits per heavy atom. The van der Waals surface area contributed by atoms with Crippen molar-refractivity contribution in [3.63, 3.8) is 0 Å². The Morgan fingerprint density at radius 1 is 1.10 bits per heavy atom. The monoisotopic (exact) mass is 407 g/mol. The van der Waals surface area contributed by atoms with E-state index in [0.717, 1.165) is 23.3 Å². The van der Waals surface area contributed by atoms with Crippen LogP contribution in [0.1, 0.15) is 40.6 Å². The summed E-state index contributed by atoms with van der Waals surface area (Å²) >= 11 is 1.66. The maximum Gasteiger partial charge on any atom is 0.291 e. The summed E-state index contributed by atoms with van der Waals surface area (Å²) in [6.07, 6.45) is 3.93. The highest BCUT2D eigenvalue weighted by Crippen LogP contribution is 2.39. The summed E-state index contributed by atoms with van der Waals surface area (Å²) in [5.74, 6) is -0.0806. The van der Waals surface area contributed by atoms with E-state index in [1.165, 1.54) is 0 Å². The van der Waals surface area contributed by atoms with Crippen molar-refractivity contribution in [3.8, 4) is 0 Å². The fourth-order valence-corrected chi connectivity index (χ4v) is 4.70. The number of thioether (sulfide) groups is 1. The molecule has 5 rings (SSSR count). The Labute approximate surface area is 172 Å². The summed E-state index contributed by atoms with van der Waals surface area (Å²) in [5.41, 5.74) is 1.66. The van der Waals surface area contributed by atoms with E-state index in [4.69, 9.17) is 9.15 Å². The van der Waals surface area contributed by atoms with Crippen molar-refractivity contribution >= 4 is 28.6 Å². The van der Waals surface area contributed by atoms with Crippen LogP contribution in [0.25, 0.3) is 11.0 Å². The molecule has 0 spiro atoms. The first-order valence-electron chi connectivity index (χ1n) is 9.79. The number of hydrogen-bond acceptors (Lipinski definition) is 5. The Kier molecular flexibility index (Phi) is 4.68. The first-order valence-corrected chi connectivity index (χ1v) is 11.0. The lowest BCUT2D eigenvalue weighted by Gasteiger charge is -2.27. The molecule has 5 nitrogen and oxygen atoms in total. The molecule has 1 aromatic heterocycles. The molecular weight excluding hydrogens is 386 g/mol. The van der Waals surface area contributed by atoms with Gasteiger partial charge in [0.05, 0.1) is 23.1 Å². The number of hydrogen-bond donors (Lipinski definition) is 0. The fraction of sp³-hybridized carbons (Fsp3) is 0.304. The number of carbonyl (C=O) groups excluding carboxylic acids is 1. The predicted molar refractivity (Wildman–Crippen MR) is 113 cm³/mol. The molecule has 6 heteroatoms. The zero-order valence-electron chi connectivity index (χ0n) is 16.1. The first kappa shape index (κ1) is 18.5. The van der Waals surface area contributed by atoms with Crippen LogP contribution in [0.3, 0.4) is 0 Å². The van der Waals surface area contributed by atoms with Gasteiger partial charge in [-0.15, -0.1) is 11.8 Å². The third kappa shape index (κ3) is 3.07. The normalized spacial score (nSPS) is 21.1. The number of para-hydroxylation sites is 1. The number of ether oxygens (including phenoxy) is 1. The molecule has 0 radical (unpaired) electrons. The van der Waals surface area contributed by atoms with Gasteiger partial charge in [-0.3, -0.25) is 9.59 Å². The topological polar surface area (TPSA) is 59.8 Å². The Hall–Kier alpha value is -2.57. The average Bonchev–Trinajstić information content (AvgIpc) is 3.36. The molecule has 2 atom stereocenters. The molecule has 2 aliphatic rings. The highest BCUT2D eigenvalue weighted by molar-refractivity contribution is 7.98. The maximum absolute atomic E-state index is 13.4. The molecule has 1 saturated heterocycles. The number of fused-ring (bicyclic) bond motifs is 2. The quantitative estimate of drug-likeness (QED) is 0.606. The largest absolute Gasteiger partial charge is 0.450 e. The summed E-state index contributed by atoms with van der Waals surface area (Å²) in [4.78, 5) is 29.6. The van der Waals surface area contributed by atoms with Gasteiger partial charge in [0.1, 0.15) is 5.58 Å². The second-order valence-electron chi connectivity index (χ2n) is 7.44. The van der Waals surface area contributed by atoms with E-state index in [-0.39, 0.29) is 23.2 Å². The van der Waals surface area contributed by atoms with Crippen LogP contribution in [0, 0.1) is 0 Å². The smallest absolute Gasteiger partial charge is 0.291 e. The van der Waals surface area contributed by atoms with Crippen LogP contribution in [-0.2, 0) is 4.74 Å². The zero-order chi connectivity index (χ0) is 20.0. The van der Waals surface area contributed by atoms with Crippen LogP contribution in [0.4, 0.5) is 0 Å². The molecule has 0 N–H and O–H groups in total. The molecule has 0 saturated carbocycles. The molecule has 3 heterocycles. The van der Waals surface area contributed by atoms with Gasteiger partial charge in [-0.25, -0.2) is 0 Å². The molecule has 1 fully saturated rings. The number of carbonyl (C=O) groups is 1. The zero-order valence-corrected chi connectivity index (χ0v) is 16.9. The van der Waals surface area contributed by atoms with Crippen molar-refractivity contribution in [2.75, 3.05) is 19.4 Å². The van der Waals surface area contributed by atoms with Gasteiger partial charge < -0.3 is 14.1 Å². The third-order valence-corrected chi connectivity index (χ3v) is 6.47. The lowest BCUT2D eigenvalue weighted by Crippen LogP contribution is -2.36. The molecule has 3 aromatic rings. The van der Waals surface area contributed by atoms with Crippen LogP contribution < -0.4 is 5.43 Å². The second kappa shape index (κ2) is 7.35. The molecule has 0 bridgehead atoms. The highest BCUT2D eigenvalue weighted by atomic mass is 32.2. The molecule has 148 valence electrons. The van der Waals surface area contributed by atoms with Gasteiger partial charge >= 0.3 is 0 Å². The molecular formula is C23H21NO4S. The van der Waals surface area contributed by atoms with E-state index >= 15 is 0 Å². The van der Waals surface area contributed by atoms with Gasteiger partial charge in [0, 0.05) is 18.0 Å². The van der Waals surface area contributed by atoms with E-state index < -0.39 is 6.04 Å². The van der Waals surface area contributed by atoms with Crippen molar-refractivity contribution in [2.24, 2.45) is 0 Å². The molecule has 2 aliphatic heterocycles. The summed E-state index contributed by atoms with van der Waals surface area (Å²) in [6, 6.07) is 14.7. The van der Waals surface area contributed by atoms with Gasteiger partial charge in [-0.1, -0.05) is 24.3 Å². The van der Waals surface area contributed by atoms with Crippen molar-refractivity contribution in [3.05, 3.63) is 75.6 Å². The Morgan fingerprint density at radius 2 is 1.90 bits per heavy atom. The maximum atomic E-state index is 13.4. The Bertz CT molecular complexity index is 1130. The minimum absolute atomic E-state index is 0.00856. The van der Waals surface area contributed by atoms with Crippen LogP contribution in [0.15, 0.2) is 62.6 Å². The fourth-order valence-electron chi connectivity index (χ4n) is 4.30. The minimum Gasteiger partial charge on any atom is -0.450 e. The van der Waals surface area contributed by atoms with Gasteiger partial charge in [-0.05, 0) is 48.9 Å². The second-order valence-corrected chi connectivity index (χ2v) is 8.32. The number of rotatable bonds is 4. The summed E-state index contributed by atoms with van der Waals surface area (Å²) in [6.45, 7) is 1.17. The molecule has 2 unspecified atom stereocenters.